The van der Waals surface area contributed by atoms with Gasteiger partial charge in [0.15, 0.2) is 0 Å². The lowest BCUT2D eigenvalue weighted by Crippen LogP contribution is -2.62. The smallest absolute Gasteiger partial charge is 0.0670 e. The number of aryl methyl sites for hydroxylation is 1. The summed E-state index contributed by atoms with van der Waals surface area (Å²) in [6, 6.07) is 6.68. The van der Waals surface area contributed by atoms with Crippen LogP contribution in [0.1, 0.15) is 51.0 Å². The maximum Gasteiger partial charge on any atom is 0.0670 e. The molecule has 2 unspecified atom stereocenters. The van der Waals surface area contributed by atoms with E-state index in [1.54, 1.807) is 0 Å². The quantitative estimate of drug-likeness (QED) is 0.826. The Kier molecular flexibility index (Phi) is 4.46. The lowest BCUT2D eigenvalue weighted by atomic mass is 9.55. The molecular weight excluding hydrogens is 282 g/mol. The van der Waals surface area contributed by atoms with Crippen molar-refractivity contribution in [2.24, 2.45) is 5.41 Å². The average Bonchev–Trinajstić information content (AvgIpc) is 2.49. The third-order valence-corrected chi connectivity index (χ3v) is 5.69. The molecule has 1 spiro atoms. The van der Waals surface area contributed by atoms with Crippen LogP contribution >= 0.6 is 11.6 Å². The fourth-order valence-electron chi connectivity index (χ4n) is 4.24. The molecule has 0 saturated heterocycles. The van der Waals surface area contributed by atoms with Crippen LogP contribution in [-0.2, 0) is 4.74 Å². The molecule has 1 aromatic carbocycles. The van der Waals surface area contributed by atoms with Gasteiger partial charge in [-0.2, -0.15) is 0 Å². The van der Waals surface area contributed by atoms with Crippen LogP contribution in [0.5, 0.6) is 0 Å². The number of benzene rings is 1. The Bertz CT molecular complexity index is 496. The van der Waals surface area contributed by atoms with Crippen molar-refractivity contribution in [1.82, 2.24) is 0 Å². The van der Waals surface area contributed by atoms with Crippen LogP contribution in [0.4, 0.5) is 5.69 Å². The van der Waals surface area contributed by atoms with Gasteiger partial charge in [-0.15, -0.1) is 0 Å². The Hall–Kier alpha value is -0.730. The second-order valence-corrected chi connectivity index (χ2v) is 7.07. The zero-order valence-electron chi connectivity index (χ0n) is 13.1. The maximum atomic E-state index is 6.06. The van der Waals surface area contributed by atoms with Crippen LogP contribution < -0.4 is 5.32 Å². The van der Waals surface area contributed by atoms with E-state index in [4.69, 9.17) is 16.3 Å². The van der Waals surface area contributed by atoms with E-state index in [0.717, 1.165) is 18.1 Å². The van der Waals surface area contributed by atoms with Crippen molar-refractivity contribution in [2.75, 3.05) is 11.9 Å². The Balaban J connectivity index is 1.75. The minimum absolute atomic E-state index is 0.361. The molecule has 2 fully saturated rings. The zero-order valence-corrected chi connectivity index (χ0v) is 13.9. The van der Waals surface area contributed by atoms with Gasteiger partial charge in [0, 0.05) is 28.8 Å². The Morgan fingerprint density at radius 2 is 2.05 bits per heavy atom. The number of nitrogens with one attached hydrogen (secondary N) is 1. The first-order chi connectivity index (χ1) is 10.2. The van der Waals surface area contributed by atoms with Crippen molar-refractivity contribution in [3.8, 4) is 0 Å². The second kappa shape index (κ2) is 6.18. The average molecular weight is 308 g/mol. The van der Waals surface area contributed by atoms with E-state index >= 15 is 0 Å². The van der Waals surface area contributed by atoms with Crippen LogP contribution in [-0.4, -0.2) is 18.8 Å². The number of rotatable bonds is 4. The van der Waals surface area contributed by atoms with Crippen molar-refractivity contribution >= 4 is 17.3 Å². The summed E-state index contributed by atoms with van der Waals surface area (Å²) in [6.07, 6.45) is 8.28. The SMILES string of the molecule is CCOC1CC(Nc2ccc(Cl)cc2C)C12CCCCC2. The first kappa shape index (κ1) is 15.2. The van der Waals surface area contributed by atoms with Gasteiger partial charge >= 0.3 is 0 Å². The summed E-state index contributed by atoms with van der Waals surface area (Å²) >= 11 is 6.06. The molecule has 2 saturated carbocycles. The highest BCUT2D eigenvalue weighted by Crippen LogP contribution is 2.54. The molecule has 116 valence electrons. The topological polar surface area (TPSA) is 21.3 Å². The van der Waals surface area contributed by atoms with Crippen molar-refractivity contribution in [3.63, 3.8) is 0 Å². The zero-order chi connectivity index (χ0) is 14.9. The molecule has 3 heteroatoms. The van der Waals surface area contributed by atoms with Crippen molar-refractivity contribution in [2.45, 2.75) is 64.5 Å². The molecule has 0 radical (unpaired) electrons. The third-order valence-electron chi connectivity index (χ3n) is 5.46. The van der Waals surface area contributed by atoms with Gasteiger partial charge in [0.25, 0.3) is 0 Å². The highest BCUT2D eigenvalue weighted by atomic mass is 35.5. The molecular formula is C18H26ClNO. The fourth-order valence-corrected chi connectivity index (χ4v) is 4.47. The van der Waals surface area contributed by atoms with E-state index in [1.807, 2.05) is 12.1 Å². The van der Waals surface area contributed by atoms with E-state index in [-0.39, 0.29) is 0 Å². The summed E-state index contributed by atoms with van der Waals surface area (Å²) in [5, 5.41) is 4.60. The van der Waals surface area contributed by atoms with Crippen molar-refractivity contribution in [1.29, 1.82) is 0 Å². The van der Waals surface area contributed by atoms with Gasteiger partial charge in [-0.1, -0.05) is 30.9 Å². The Morgan fingerprint density at radius 1 is 1.29 bits per heavy atom. The standard InChI is InChI=1S/C18H26ClNO/c1-3-21-17-12-16(18(17)9-5-4-6-10-18)20-15-8-7-14(19)11-13(15)2/h7-8,11,16-17,20H,3-6,9-10,12H2,1-2H3. The molecule has 0 heterocycles. The van der Waals surface area contributed by atoms with Gasteiger partial charge < -0.3 is 10.1 Å². The first-order valence-electron chi connectivity index (χ1n) is 8.30. The number of anilines is 1. The van der Waals surface area contributed by atoms with Crippen LogP contribution in [0.15, 0.2) is 18.2 Å². The van der Waals surface area contributed by atoms with Crippen LogP contribution in [0.2, 0.25) is 5.02 Å². The van der Waals surface area contributed by atoms with Crippen molar-refractivity contribution in [3.05, 3.63) is 28.8 Å². The molecule has 3 rings (SSSR count). The normalized spacial score (nSPS) is 27.4. The second-order valence-electron chi connectivity index (χ2n) is 6.63. The molecule has 1 N–H and O–H groups in total. The van der Waals surface area contributed by atoms with Gasteiger partial charge in [0.2, 0.25) is 0 Å². The molecule has 2 aliphatic rings. The van der Waals surface area contributed by atoms with Gasteiger partial charge in [-0.25, -0.2) is 0 Å². The highest BCUT2D eigenvalue weighted by Gasteiger charge is 2.55. The van der Waals surface area contributed by atoms with Gasteiger partial charge in [0.1, 0.15) is 0 Å². The van der Waals surface area contributed by atoms with E-state index in [0.29, 0.717) is 17.6 Å². The predicted octanol–water partition coefficient (Wildman–Crippen LogP) is 5.19. The van der Waals surface area contributed by atoms with Crippen molar-refractivity contribution < 1.29 is 4.74 Å². The summed E-state index contributed by atoms with van der Waals surface area (Å²) in [6.45, 7) is 5.07. The van der Waals surface area contributed by atoms with Gasteiger partial charge in [-0.05, 0) is 56.9 Å². The lowest BCUT2D eigenvalue weighted by molar-refractivity contribution is -0.134. The molecule has 0 bridgehead atoms. The fraction of sp³-hybridized carbons (Fsp3) is 0.667. The molecule has 0 amide bonds. The lowest BCUT2D eigenvalue weighted by Gasteiger charge is -2.58. The van der Waals surface area contributed by atoms with Crippen LogP contribution in [0, 0.1) is 12.3 Å². The monoisotopic (exact) mass is 307 g/mol. The molecule has 2 nitrogen and oxygen atoms in total. The summed E-state index contributed by atoms with van der Waals surface area (Å²) in [7, 11) is 0. The summed E-state index contributed by atoms with van der Waals surface area (Å²) in [5.41, 5.74) is 2.82. The van der Waals surface area contributed by atoms with E-state index in [9.17, 15) is 0 Å². The molecule has 2 atom stereocenters. The minimum atomic E-state index is 0.361. The highest BCUT2D eigenvalue weighted by molar-refractivity contribution is 6.30. The number of ether oxygens (including phenoxy) is 1. The number of hydrogen-bond donors (Lipinski definition) is 1. The summed E-state index contributed by atoms with van der Waals surface area (Å²) in [4.78, 5) is 0. The molecule has 0 aromatic heterocycles. The largest absolute Gasteiger partial charge is 0.381 e. The molecule has 1 aromatic rings. The number of halogens is 1. The predicted molar refractivity (Wildman–Crippen MR) is 89.1 cm³/mol. The van der Waals surface area contributed by atoms with Gasteiger partial charge in [-0.3, -0.25) is 0 Å². The Morgan fingerprint density at radius 3 is 2.71 bits per heavy atom. The maximum absolute atomic E-state index is 6.06. The van der Waals surface area contributed by atoms with E-state index in [2.05, 4.69) is 25.2 Å². The first-order valence-corrected chi connectivity index (χ1v) is 8.68. The number of hydrogen-bond acceptors (Lipinski definition) is 2. The summed E-state index contributed by atoms with van der Waals surface area (Å²) in [5.74, 6) is 0. The summed E-state index contributed by atoms with van der Waals surface area (Å²) < 4.78 is 6.03. The van der Waals surface area contributed by atoms with Crippen LogP contribution in [0.3, 0.4) is 0 Å². The molecule has 2 aliphatic carbocycles. The minimum Gasteiger partial charge on any atom is -0.381 e. The van der Waals surface area contributed by atoms with E-state index < -0.39 is 0 Å². The van der Waals surface area contributed by atoms with E-state index in [1.165, 1.54) is 43.4 Å². The third kappa shape index (κ3) is 2.80. The van der Waals surface area contributed by atoms with Gasteiger partial charge in [0.05, 0.1) is 6.10 Å². The Labute approximate surface area is 133 Å². The van der Waals surface area contributed by atoms with Crippen LogP contribution in [0.25, 0.3) is 0 Å². The molecule has 0 aliphatic heterocycles. The molecule has 21 heavy (non-hydrogen) atoms.